The minimum atomic E-state index is -4.58. The zero-order valence-electron chi connectivity index (χ0n) is 18.5. The molecule has 0 unspecified atom stereocenters. The number of hydrogen-bond acceptors (Lipinski definition) is 5. The summed E-state index contributed by atoms with van der Waals surface area (Å²) in [5.74, 6) is -0.341. The average molecular weight is 501 g/mol. The van der Waals surface area contributed by atoms with Gasteiger partial charge in [0.25, 0.3) is 12.0 Å². The Bertz CT molecular complexity index is 1640. The highest BCUT2D eigenvalue weighted by Crippen LogP contribution is 2.29. The number of fused-ring (bicyclic) bond motifs is 2. The topological polar surface area (TPSA) is 74.8 Å². The molecule has 0 aliphatic rings. The number of benzene rings is 1. The van der Waals surface area contributed by atoms with Crippen LogP contribution in [0, 0.1) is 0 Å². The molecule has 184 valence electrons. The minimum absolute atomic E-state index is 0.0236. The fourth-order valence-electron chi connectivity index (χ4n) is 3.83. The van der Waals surface area contributed by atoms with E-state index in [4.69, 9.17) is 4.74 Å². The van der Waals surface area contributed by atoms with Crippen molar-refractivity contribution in [3.63, 3.8) is 0 Å². The molecule has 0 aliphatic heterocycles. The zero-order chi connectivity index (χ0) is 25.6. The maximum absolute atomic E-state index is 13.7. The lowest BCUT2D eigenvalue weighted by Gasteiger charge is -2.14. The highest BCUT2D eigenvalue weighted by Gasteiger charge is 2.29. The van der Waals surface area contributed by atoms with Crippen LogP contribution in [-0.2, 0) is 7.05 Å². The van der Waals surface area contributed by atoms with Crippen LogP contribution in [0.4, 0.5) is 22.0 Å². The van der Waals surface area contributed by atoms with E-state index in [1.165, 1.54) is 29.0 Å². The Hall–Kier alpha value is -4.35. The maximum atomic E-state index is 13.7. The number of halogens is 5. The Kier molecular flexibility index (Phi) is 5.65. The number of hydrogen-bond donors (Lipinski definition) is 0. The van der Waals surface area contributed by atoms with E-state index in [-0.39, 0.29) is 22.5 Å². The molecule has 4 aromatic heterocycles. The monoisotopic (exact) mass is 501 g/mol. The fraction of sp³-hybridized carbons (Fsp3) is 0.167. The standard InChI is InChI=1S/C24H16F5N5O2/c1-33-10-15-8-16(4-6-17(15)32-33)34-11-14-3-7-19(36-12-24(27,28)29)31-21(14)20(23(34)35)13-2-5-18(22(25)26)30-9-13/h2-11,22H,12H2,1H3. The van der Waals surface area contributed by atoms with E-state index in [9.17, 15) is 26.7 Å². The molecule has 5 rings (SSSR count). The SMILES string of the molecule is Cn1cc2cc(-n3cc4ccc(OCC(F)(F)F)nc4c(-c4ccc(C(F)F)nc4)c3=O)ccc2n1. The summed E-state index contributed by atoms with van der Waals surface area (Å²) in [5, 5.41) is 5.50. The summed E-state index contributed by atoms with van der Waals surface area (Å²) in [6, 6.07) is 10.3. The Balaban J connectivity index is 1.72. The van der Waals surface area contributed by atoms with Crippen LogP contribution in [0.3, 0.4) is 0 Å². The summed E-state index contributed by atoms with van der Waals surface area (Å²) in [6.07, 6.45) is -3.00. The number of rotatable bonds is 5. The van der Waals surface area contributed by atoms with Crippen LogP contribution in [-0.4, -0.2) is 37.1 Å². The predicted octanol–water partition coefficient (Wildman–Crippen LogP) is 5.21. The molecule has 36 heavy (non-hydrogen) atoms. The number of aryl methyl sites for hydroxylation is 1. The van der Waals surface area contributed by atoms with E-state index in [1.807, 2.05) is 0 Å². The van der Waals surface area contributed by atoms with Gasteiger partial charge in [-0.05, 0) is 30.3 Å². The number of alkyl halides is 5. The summed E-state index contributed by atoms with van der Waals surface area (Å²) in [4.78, 5) is 21.5. The van der Waals surface area contributed by atoms with Crippen LogP contribution >= 0.6 is 0 Å². The van der Waals surface area contributed by atoms with Crippen molar-refractivity contribution in [2.75, 3.05) is 6.61 Å². The van der Waals surface area contributed by atoms with Crippen LogP contribution in [0.5, 0.6) is 5.88 Å². The molecule has 0 spiro atoms. The van der Waals surface area contributed by atoms with Crippen molar-refractivity contribution < 1.29 is 26.7 Å². The second-order valence-electron chi connectivity index (χ2n) is 7.99. The van der Waals surface area contributed by atoms with Crippen LogP contribution in [0.15, 0.2) is 65.8 Å². The van der Waals surface area contributed by atoms with Gasteiger partial charge >= 0.3 is 6.18 Å². The van der Waals surface area contributed by atoms with Crippen molar-refractivity contribution in [1.29, 1.82) is 0 Å². The van der Waals surface area contributed by atoms with E-state index in [1.54, 1.807) is 36.1 Å². The van der Waals surface area contributed by atoms with E-state index in [0.29, 0.717) is 11.1 Å². The molecule has 0 amide bonds. The Morgan fingerprint density at radius 3 is 2.53 bits per heavy atom. The Morgan fingerprint density at radius 2 is 1.83 bits per heavy atom. The van der Waals surface area contributed by atoms with Crippen LogP contribution in [0.1, 0.15) is 12.1 Å². The molecular formula is C24H16F5N5O2. The molecular weight excluding hydrogens is 485 g/mol. The first-order chi connectivity index (χ1) is 17.1. The smallest absolute Gasteiger partial charge is 0.422 e. The van der Waals surface area contributed by atoms with Crippen molar-refractivity contribution >= 4 is 21.8 Å². The molecule has 0 saturated heterocycles. The molecule has 0 fully saturated rings. The van der Waals surface area contributed by atoms with Crippen molar-refractivity contribution in [3.8, 4) is 22.7 Å². The van der Waals surface area contributed by atoms with Gasteiger partial charge in [0.15, 0.2) is 6.61 Å². The van der Waals surface area contributed by atoms with Gasteiger partial charge in [-0.2, -0.15) is 18.3 Å². The van der Waals surface area contributed by atoms with Gasteiger partial charge in [-0.1, -0.05) is 6.07 Å². The van der Waals surface area contributed by atoms with E-state index < -0.39 is 30.5 Å². The lowest BCUT2D eigenvalue weighted by Crippen LogP contribution is -2.21. The van der Waals surface area contributed by atoms with Gasteiger partial charge in [-0.15, -0.1) is 0 Å². The largest absolute Gasteiger partial charge is 0.468 e. The molecule has 0 bridgehead atoms. The van der Waals surface area contributed by atoms with Crippen LogP contribution in [0.2, 0.25) is 0 Å². The Morgan fingerprint density at radius 1 is 1.03 bits per heavy atom. The fourth-order valence-corrected chi connectivity index (χ4v) is 3.83. The van der Waals surface area contributed by atoms with Crippen molar-refractivity contribution in [1.82, 2.24) is 24.3 Å². The second-order valence-corrected chi connectivity index (χ2v) is 7.99. The van der Waals surface area contributed by atoms with E-state index >= 15 is 0 Å². The van der Waals surface area contributed by atoms with Gasteiger partial charge in [0.05, 0.1) is 16.6 Å². The highest BCUT2D eigenvalue weighted by atomic mass is 19.4. The van der Waals surface area contributed by atoms with Gasteiger partial charge in [0.1, 0.15) is 5.69 Å². The number of aromatic nitrogens is 5. The van der Waals surface area contributed by atoms with Gasteiger partial charge < -0.3 is 4.74 Å². The molecule has 0 saturated carbocycles. The first-order valence-corrected chi connectivity index (χ1v) is 10.5. The third-order valence-electron chi connectivity index (χ3n) is 5.40. The summed E-state index contributed by atoms with van der Waals surface area (Å²) >= 11 is 0. The summed E-state index contributed by atoms with van der Waals surface area (Å²) in [5.41, 5.74) is 0.357. The summed E-state index contributed by atoms with van der Waals surface area (Å²) in [6.45, 7) is -1.56. The van der Waals surface area contributed by atoms with Crippen molar-refractivity contribution in [2.24, 2.45) is 7.05 Å². The van der Waals surface area contributed by atoms with Gasteiger partial charge in [-0.3, -0.25) is 19.0 Å². The first-order valence-electron chi connectivity index (χ1n) is 10.5. The van der Waals surface area contributed by atoms with Gasteiger partial charge in [0, 0.05) is 53.7 Å². The van der Waals surface area contributed by atoms with Crippen LogP contribution in [0.25, 0.3) is 38.6 Å². The average Bonchev–Trinajstić information content (AvgIpc) is 3.21. The van der Waals surface area contributed by atoms with Gasteiger partial charge in [0.2, 0.25) is 5.88 Å². The molecule has 7 nitrogen and oxygen atoms in total. The number of nitrogens with zero attached hydrogens (tertiary/aromatic N) is 5. The van der Waals surface area contributed by atoms with Gasteiger partial charge in [-0.25, -0.2) is 13.8 Å². The normalized spacial score (nSPS) is 12.1. The third kappa shape index (κ3) is 4.49. The maximum Gasteiger partial charge on any atom is 0.422 e. The Labute approximate surface area is 199 Å². The third-order valence-corrected chi connectivity index (χ3v) is 5.40. The molecule has 4 heterocycles. The molecule has 0 aliphatic carbocycles. The minimum Gasteiger partial charge on any atom is -0.468 e. The lowest BCUT2D eigenvalue weighted by molar-refractivity contribution is -0.154. The van der Waals surface area contributed by atoms with Crippen molar-refractivity contribution in [2.45, 2.75) is 12.6 Å². The zero-order valence-corrected chi connectivity index (χ0v) is 18.5. The lowest BCUT2D eigenvalue weighted by atomic mass is 10.1. The second kappa shape index (κ2) is 8.70. The summed E-state index contributed by atoms with van der Waals surface area (Å²) < 4.78 is 71.7. The predicted molar refractivity (Wildman–Crippen MR) is 121 cm³/mol. The van der Waals surface area contributed by atoms with E-state index in [0.717, 1.165) is 23.2 Å². The molecule has 0 atom stereocenters. The molecule has 0 radical (unpaired) electrons. The molecule has 1 aromatic carbocycles. The number of pyridine rings is 3. The first kappa shape index (κ1) is 23.4. The van der Waals surface area contributed by atoms with Crippen molar-refractivity contribution in [3.05, 3.63) is 77.1 Å². The molecule has 5 aromatic rings. The highest BCUT2D eigenvalue weighted by molar-refractivity contribution is 5.93. The quantitative estimate of drug-likeness (QED) is 0.309. The van der Waals surface area contributed by atoms with Crippen LogP contribution < -0.4 is 10.3 Å². The number of ether oxygens (including phenoxy) is 1. The molecule has 12 heteroatoms. The molecule has 0 N–H and O–H groups in total. The summed E-state index contributed by atoms with van der Waals surface area (Å²) in [7, 11) is 1.76. The van der Waals surface area contributed by atoms with E-state index in [2.05, 4.69) is 15.1 Å².